The second-order valence-corrected chi connectivity index (χ2v) is 17.8. The van der Waals surface area contributed by atoms with Crippen LogP contribution in [-0.2, 0) is 20.9 Å². The Morgan fingerprint density at radius 1 is 1.12 bits per heavy atom. The minimum Gasteiger partial charge on any atom is -0.461 e. The predicted molar refractivity (Wildman–Crippen MR) is 206 cm³/mol. The number of benzene rings is 1. The van der Waals surface area contributed by atoms with Crippen molar-refractivity contribution in [2.45, 2.75) is 145 Å². The molecule has 3 aliphatic carbocycles. The molecular weight excluding hydrogens is 604 g/mol. The summed E-state index contributed by atoms with van der Waals surface area (Å²) < 4.78 is 13.6. The molecule has 2 fully saturated rings. The van der Waals surface area contributed by atoms with Crippen LogP contribution in [0.3, 0.4) is 0 Å². The Bertz CT molecular complexity index is 1250. The van der Waals surface area contributed by atoms with Gasteiger partial charge in [0.1, 0.15) is 6.10 Å². The number of anilines is 1. The molecule has 0 heterocycles. The molecule has 0 spiro atoms. The fraction of sp³-hybridized carbons (Fsp3) is 0.750. The fourth-order valence-corrected chi connectivity index (χ4v) is 9.88. The molecule has 5 heteroatoms. The summed E-state index contributed by atoms with van der Waals surface area (Å²) in [5.41, 5.74) is 9.41. The average Bonchev–Trinajstić information content (AvgIpc) is 3.04. The van der Waals surface area contributed by atoms with Crippen LogP contribution in [0.4, 0.5) is 5.69 Å². The number of nitrogens with one attached hydrogen (secondary N) is 1. The smallest absolute Gasteiger partial charge is 0.313 e. The summed E-state index contributed by atoms with van der Waals surface area (Å²) in [5.74, 6) is 3.31. The second-order valence-electron chi connectivity index (χ2n) is 17.8. The number of nitrogen functional groups attached to an aromatic ring is 1. The van der Waals surface area contributed by atoms with Gasteiger partial charge in [0.25, 0.3) is 0 Å². The number of ether oxygens (including phenoxy) is 2. The van der Waals surface area contributed by atoms with E-state index in [1.807, 2.05) is 30.4 Å². The third-order valence-corrected chi connectivity index (χ3v) is 13.1. The molecule has 0 aliphatic heterocycles. The number of hydrogen-bond donors (Lipinski definition) is 2. The molecule has 3 aliphatic rings. The van der Waals surface area contributed by atoms with Crippen LogP contribution < -0.4 is 11.1 Å². The van der Waals surface area contributed by atoms with Gasteiger partial charge in [0.05, 0.1) is 18.6 Å². The molecule has 3 N–H and O–H groups in total. The average molecular weight is 677 g/mol. The molecule has 0 radical (unpaired) electrons. The number of fused-ring (bicyclic) bond motifs is 1. The van der Waals surface area contributed by atoms with Crippen LogP contribution in [0.15, 0.2) is 48.1 Å². The first kappa shape index (κ1) is 39.7. The van der Waals surface area contributed by atoms with E-state index in [-0.39, 0.29) is 35.4 Å². The van der Waals surface area contributed by atoms with Gasteiger partial charge >= 0.3 is 5.97 Å². The van der Waals surface area contributed by atoms with E-state index < -0.39 is 0 Å². The molecule has 4 rings (SSSR count). The number of carbonyl (C=O) groups is 1. The molecule has 2 saturated carbocycles. The fourth-order valence-electron chi connectivity index (χ4n) is 9.88. The summed E-state index contributed by atoms with van der Waals surface area (Å²) in [4.78, 5) is 13.6. The Balaban J connectivity index is 1.58. The summed E-state index contributed by atoms with van der Waals surface area (Å²) in [6, 6.07) is 8.13. The van der Waals surface area contributed by atoms with E-state index in [0.717, 1.165) is 50.0 Å². The topological polar surface area (TPSA) is 73.6 Å². The van der Waals surface area contributed by atoms with Crippen molar-refractivity contribution in [1.82, 2.24) is 5.32 Å². The highest BCUT2D eigenvalue weighted by molar-refractivity contribution is 5.75. The van der Waals surface area contributed by atoms with Crippen molar-refractivity contribution in [3.05, 3.63) is 53.6 Å². The Kier molecular flexibility index (Phi) is 14.5. The Hall–Kier alpha value is -2.11. The van der Waals surface area contributed by atoms with Gasteiger partial charge in [-0.1, -0.05) is 104 Å². The van der Waals surface area contributed by atoms with Gasteiger partial charge in [-0.3, -0.25) is 4.79 Å². The molecule has 0 amide bonds. The van der Waals surface area contributed by atoms with Gasteiger partial charge in [0.2, 0.25) is 0 Å². The van der Waals surface area contributed by atoms with Gasteiger partial charge in [-0.2, -0.15) is 0 Å². The van der Waals surface area contributed by atoms with Crippen LogP contribution >= 0.6 is 0 Å². The van der Waals surface area contributed by atoms with Gasteiger partial charge in [0.15, 0.2) is 0 Å². The zero-order valence-electron chi connectivity index (χ0n) is 32.7. The highest BCUT2D eigenvalue weighted by Crippen LogP contribution is 2.56. The van der Waals surface area contributed by atoms with Crippen molar-refractivity contribution in [1.29, 1.82) is 0 Å². The third kappa shape index (κ3) is 10.7. The molecule has 7 unspecified atom stereocenters. The normalized spacial score (nSPS) is 32.6. The lowest BCUT2D eigenvalue weighted by Crippen LogP contribution is -2.49. The molecular formula is C44H72N2O3. The summed E-state index contributed by atoms with van der Waals surface area (Å²) in [6.07, 6.45) is 17.4. The highest BCUT2D eigenvalue weighted by atomic mass is 16.5. The molecule has 1 aromatic carbocycles. The van der Waals surface area contributed by atoms with Gasteiger partial charge in [-0.05, 0) is 130 Å². The van der Waals surface area contributed by atoms with E-state index in [2.05, 4.69) is 79.8 Å². The Morgan fingerprint density at radius 3 is 2.59 bits per heavy atom. The highest BCUT2D eigenvalue weighted by Gasteiger charge is 2.49. The van der Waals surface area contributed by atoms with Gasteiger partial charge in [-0.25, -0.2) is 0 Å². The van der Waals surface area contributed by atoms with E-state index in [4.69, 9.17) is 15.2 Å². The first-order valence-electron chi connectivity index (χ1n) is 19.9. The molecule has 1 aromatic rings. The number of hydrogen-bond acceptors (Lipinski definition) is 5. The van der Waals surface area contributed by atoms with Gasteiger partial charge in [0, 0.05) is 11.1 Å². The van der Waals surface area contributed by atoms with Crippen LogP contribution in [0.2, 0.25) is 0 Å². The largest absolute Gasteiger partial charge is 0.461 e. The van der Waals surface area contributed by atoms with Crippen LogP contribution in [0.25, 0.3) is 0 Å². The summed E-state index contributed by atoms with van der Waals surface area (Å²) in [7, 11) is 0. The first-order chi connectivity index (χ1) is 23.2. The SMILES string of the molecule is CC[C@H]1C2CC(OCc3cccc(N)c3)[C@H](C)C(C)(C)C(OC(=O)C3C=CC=C(C)C3)CCCC2CCC1(C)CC(C)CCNCC(C)C. The third-order valence-electron chi connectivity index (χ3n) is 13.1. The summed E-state index contributed by atoms with van der Waals surface area (Å²) in [6.45, 7) is 24.0. The number of allylic oxidation sites excluding steroid dienone is 3. The number of nitrogens with two attached hydrogens (primary N) is 1. The number of rotatable bonds is 13. The minimum absolute atomic E-state index is 0.0528. The maximum atomic E-state index is 13.6. The van der Waals surface area contributed by atoms with Crippen molar-refractivity contribution in [3.63, 3.8) is 0 Å². The Morgan fingerprint density at radius 2 is 1.90 bits per heavy atom. The van der Waals surface area contributed by atoms with Crippen molar-refractivity contribution in [3.8, 4) is 0 Å². The number of esters is 1. The molecule has 0 aromatic heterocycles. The van der Waals surface area contributed by atoms with E-state index in [1.165, 1.54) is 44.1 Å². The quantitative estimate of drug-likeness (QED) is 0.124. The maximum Gasteiger partial charge on any atom is 0.313 e. The number of carbonyl (C=O) groups excluding carboxylic acids is 1. The second kappa shape index (κ2) is 17.9. The summed E-state index contributed by atoms with van der Waals surface area (Å²) >= 11 is 0. The zero-order valence-corrected chi connectivity index (χ0v) is 32.7. The standard InChI is InChI=1S/C44H72N2O3/c1-10-39-38-26-40(48-29-34-15-12-18-37(45)25-34)33(6)43(7,8)41(49-42(47)36-17-11-14-31(4)24-36)19-13-16-35(38)20-22-44(39,9)27-32(5)21-23-46-28-30(2)3/h11-12,14-15,17-18,25,30,32-33,35-36,38-41,46H,10,13,16,19-24,26-29,45H2,1-9H3/t32?,33-,35?,36?,38?,39-,40?,41?,44?/m0/s1. The first-order valence-corrected chi connectivity index (χ1v) is 19.9. The van der Waals surface area contributed by atoms with E-state index in [0.29, 0.717) is 41.6 Å². The lowest BCUT2D eigenvalue weighted by molar-refractivity contribution is -0.168. The predicted octanol–water partition coefficient (Wildman–Crippen LogP) is 10.5. The van der Waals surface area contributed by atoms with Gasteiger partial charge in [-0.15, -0.1) is 0 Å². The maximum absolute atomic E-state index is 13.6. The van der Waals surface area contributed by atoms with Crippen molar-refractivity contribution in [2.75, 3.05) is 18.8 Å². The molecule has 49 heavy (non-hydrogen) atoms. The van der Waals surface area contributed by atoms with E-state index in [1.54, 1.807) is 0 Å². The lowest BCUT2D eigenvalue weighted by atomic mass is 9.53. The van der Waals surface area contributed by atoms with Gasteiger partial charge < -0.3 is 20.5 Å². The monoisotopic (exact) mass is 677 g/mol. The van der Waals surface area contributed by atoms with Crippen LogP contribution in [0.1, 0.15) is 132 Å². The molecule has 0 bridgehead atoms. The molecule has 9 atom stereocenters. The molecule has 0 saturated heterocycles. The van der Waals surface area contributed by atoms with Crippen LogP contribution in [-0.4, -0.2) is 31.3 Å². The lowest BCUT2D eigenvalue weighted by Gasteiger charge is -2.53. The molecule has 5 nitrogen and oxygen atoms in total. The van der Waals surface area contributed by atoms with E-state index in [9.17, 15) is 4.79 Å². The van der Waals surface area contributed by atoms with Crippen LogP contribution in [0, 0.1) is 52.3 Å². The van der Waals surface area contributed by atoms with Crippen molar-refractivity contribution < 1.29 is 14.3 Å². The van der Waals surface area contributed by atoms with Crippen molar-refractivity contribution in [2.24, 2.45) is 52.3 Å². The summed E-state index contributed by atoms with van der Waals surface area (Å²) in [5, 5.41) is 3.69. The van der Waals surface area contributed by atoms with E-state index >= 15 is 0 Å². The van der Waals surface area contributed by atoms with Crippen LogP contribution in [0.5, 0.6) is 0 Å². The minimum atomic E-state index is -0.247. The van der Waals surface area contributed by atoms with Crippen molar-refractivity contribution >= 4 is 11.7 Å². The Labute approximate surface area is 300 Å². The zero-order chi connectivity index (χ0) is 35.8. The molecule has 276 valence electrons.